The molecule has 0 radical (unpaired) electrons. The van der Waals surface area contributed by atoms with E-state index in [0.717, 1.165) is 29.0 Å². The van der Waals surface area contributed by atoms with E-state index in [1.165, 1.54) is 11.8 Å². The number of halogens is 1. The molecule has 1 aliphatic rings. The number of hydrazone groups is 1. The third-order valence-electron chi connectivity index (χ3n) is 5.23. The van der Waals surface area contributed by atoms with Gasteiger partial charge >= 0.3 is 0 Å². The van der Waals surface area contributed by atoms with Gasteiger partial charge in [-0.25, -0.2) is 5.01 Å². The lowest BCUT2D eigenvalue weighted by Gasteiger charge is -2.12. The van der Waals surface area contributed by atoms with Crippen LogP contribution in [0.25, 0.3) is 11.4 Å². The molecule has 5 rings (SSSR count). The monoisotopic (exact) mass is 477 g/mol. The van der Waals surface area contributed by atoms with Crippen molar-refractivity contribution in [2.75, 3.05) is 12.3 Å². The second-order valence-electron chi connectivity index (χ2n) is 7.45. The number of hydrogen-bond acceptors (Lipinski definition) is 6. The maximum atomic E-state index is 12.8. The van der Waals surface area contributed by atoms with Gasteiger partial charge in [-0.1, -0.05) is 53.7 Å². The van der Waals surface area contributed by atoms with E-state index < -0.39 is 0 Å². The van der Waals surface area contributed by atoms with Gasteiger partial charge in [0.15, 0.2) is 11.0 Å². The molecule has 0 bridgehead atoms. The summed E-state index contributed by atoms with van der Waals surface area (Å²) >= 11 is 7.38. The van der Waals surface area contributed by atoms with E-state index in [2.05, 4.69) is 15.3 Å². The maximum absolute atomic E-state index is 12.8. The predicted octanol–water partition coefficient (Wildman–Crippen LogP) is 4.97. The van der Waals surface area contributed by atoms with Gasteiger partial charge in [0, 0.05) is 17.0 Å². The van der Waals surface area contributed by atoms with Crippen molar-refractivity contribution in [3.63, 3.8) is 0 Å². The van der Waals surface area contributed by atoms with Crippen molar-refractivity contribution in [1.82, 2.24) is 19.8 Å². The zero-order chi connectivity index (χ0) is 22.6. The number of rotatable bonds is 7. The van der Waals surface area contributed by atoms with Crippen LogP contribution in [0.15, 0.2) is 87.7 Å². The van der Waals surface area contributed by atoms with Crippen LogP contribution in [0, 0.1) is 0 Å². The molecule has 33 heavy (non-hydrogen) atoms. The molecule has 1 amide bonds. The van der Waals surface area contributed by atoms with Gasteiger partial charge in [-0.2, -0.15) is 5.10 Å². The first kappa shape index (κ1) is 21.5. The molecule has 0 spiro atoms. The van der Waals surface area contributed by atoms with Gasteiger partial charge in [0.1, 0.15) is 5.76 Å². The number of hydrogen-bond donors (Lipinski definition) is 0. The molecule has 2 aromatic carbocycles. The second kappa shape index (κ2) is 9.64. The Morgan fingerprint density at radius 3 is 2.58 bits per heavy atom. The van der Waals surface area contributed by atoms with Crippen LogP contribution < -0.4 is 0 Å². The SMILES string of the molecule is O=C(CSc1nnc(-c2ccc(Cl)cc2)n1Cc1ccco1)N1CCC(c2ccccc2)=N1. The normalized spacial score (nSPS) is 13.4. The number of amides is 1. The molecule has 0 fully saturated rings. The summed E-state index contributed by atoms with van der Waals surface area (Å²) in [7, 11) is 0. The molecule has 1 aliphatic heterocycles. The van der Waals surface area contributed by atoms with E-state index >= 15 is 0 Å². The Kier molecular flexibility index (Phi) is 6.28. The van der Waals surface area contributed by atoms with Crippen LogP contribution in [-0.4, -0.2) is 43.7 Å². The number of benzene rings is 2. The van der Waals surface area contributed by atoms with Crippen LogP contribution in [0.3, 0.4) is 0 Å². The number of carbonyl (C=O) groups excluding carboxylic acids is 1. The van der Waals surface area contributed by atoms with Gasteiger partial charge in [-0.3, -0.25) is 9.36 Å². The van der Waals surface area contributed by atoms with E-state index in [4.69, 9.17) is 16.0 Å². The summed E-state index contributed by atoms with van der Waals surface area (Å²) in [5.74, 6) is 1.60. The molecule has 0 aliphatic carbocycles. The second-order valence-corrected chi connectivity index (χ2v) is 8.83. The van der Waals surface area contributed by atoms with Gasteiger partial charge in [-0.05, 0) is 42.0 Å². The van der Waals surface area contributed by atoms with Gasteiger partial charge in [0.25, 0.3) is 5.91 Å². The summed E-state index contributed by atoms with van der Waals surface area (Å²) in [6.07, 6.45) is 2.38. The fraction of sp³-hybridized carbons (Fsp3) is 0.167. The summed E-state index contributed by atoms with van der Waals surface area (Å²) < 4.78 is 7.48. The Bertz CT molecular complexity index is 1270. The molecule has 0 N–H and O–H groups in total. The molecule has 0 saturated heterocycles. The molecule has 0 unspecified atom stereocenters. The quantitative estimate of drug-likeness (QED) is 0.351. The molecule has 4 aromatic rings. The van der Waals surface area contributed by atoms with E-state index in [-0.39, 0.29) is 11.7 Å². The molecular formula is C24H20ClN5O2S. The average Bonchev–Trinajstić information content (AvgIpc) is 3.61. The van der Waals surface area contributed by atoms with Gasteiger partial charge in [-0.15, -0.1) is 10.2 Å². The van der Waals surface area contributed by atoms with Gasteiger partial charge in [0.2, 0.25) is 0 Å². The molecule has 166 valence electrons. The van der Waals surface area contributed by atoms with Crippen molar-refractivity contribution in [3.05, 3.63) is 89.3 Å². The van der Waals surface area contributed by atoms with E-state index in [1.54, 1.807) is 11.3 Å². The Morgan fingerprint density at radius 2 is 1.82 bits per heavy atom. The summed E-state index contributed by atoms with van der Waals surface area (Å²) in [4.78, 5) is 12.8. The summed E-state index contributed by atoms with van der Waals surface area (Å²) in [5, 5.41) is 16.1. The number of furan rings is 1. The Morgan fingerprint density at radius 1 is 1.00 bits per heavy atom. The minimum Gasteiger partial charge on any atom is -0.467 e. The molecule has 2 aromatic heterocycles. The Balaban J connectivity index is 1.33. The van der Waals surface area contributed by atoms with Crippen LogP contribution in [0.4, 0.5) is 0 Å². The zero-order valence-electron chi connectivity index (χ0n) is 17.6. The smallest absolute Gasteiger partial charge is 0.253 e. The lowest BCUT2D eigenvalue weighted by Crippen LogP contribution is -2.25. The highest BCUT2D eigenvalue weighted by atomic mass is 35.5. The van der Waals surface area contributed by atoms with Crippen molar-refractivity contribution in [1.29, 1.82) is 0 Å². The van der Waals surface area contributed by atoms with Crippen LogP contribution in [0.2, 0.25) is 5.02 Å². The fourth-order valence-electron chi connectivity index (χ4n) is 3.58. The average molecular weight is 478 g/mol. The first-order valence-electron chi connectivity index (χ1n) is 10.4. The number of thioether (sulfide) groups is 1. The first-order valence-corrected chi connectivity index (χ1v) is 11.8. The lowest BCUT2D eigenvalue weighted by atomic mass is 10.1. The van der Waals surface area contributed by atoms with Crippen LogP contribution >= 0.6 is 23.4 Å². The Labute approximate surface area is 200 Å². The van der Waals surface area contributed by atoms with Crippen molar-refractivity contribution in [2.24, 2.45) is 5.10 Å². The number of aromatic nitrogens is 3. The molecule has 0 saturated carbocycles. The number of carbonyl (C=O) groups is 1. The minimum absolute atomic E-state index is 0.0634. The van der Waals surface area contributed by atoms with Crippen molar-refractivity contribution in [2.45, 2.75) is 18.1 Å². The van der Waals surface area contributed by atoms with E-state index in [1.807, 2.05) is 71.3 Å². The summed E-state index contributed by atoms with van der Waals surface area (Å²) in [5.41, 5.74) is 2.86. The van der Waals surface area contributed by atoms with Crippen LogP contribution in [-0.2, 0) is 11.3 Å². The van der Waals surface area contributed by atoms with Crippen molar-refractivity contribution >= 4 is 35.0 Å². The molecule has 7 nitrogen and oxygen atoms in total. The highest BCUT2D eigenvalue weighted by Crippen LogP contribution is 2.27. The van der Waals surface area contributed by atoms with E-state index in [0.29, 0.717) is 29.1 Å². The van der Waals surface area contributed by atoms with Crippen LogP contribution in [0.5, 0.6) is 0 Å². The standard InChI is InChI=1S/C24H20ClN5O2S/c25-19-10-8-18(9-11-19)23-26-27-24(29(23)15-20-7-4-14-32-20)33-16-22(31)30-13-12-21(28-30)17-5-2-1-3-6-17/h1-11,14H,12-13,15-16H2. The highest BCUT2D eigenvalue weighted by molar-refractivity contribution is 7.99. The largest absolute Gasteiger partial charge is 0.467 e. The molecule has 0 atom stereocenters. The molecule has 3 heterocycles. The van der Waals surface area contributed by atoms with Gasteiger partial charge < -0.3 is 4.42 Å². The zero-order valence-corrected chi connectivity index (χ0v) is 19.2. The fourth-order valence-corrected chi connectivity index (χ4v) is 4.51. The van der Waals surface area contributed by atoms with E-state index in [9.17, 15) is 4.79 Å². The highest BCUT2D eigenvalue weighted by Gasteiger charge is 2.23. The lowest BCUT2D eigenvalue weighted by molar-refractivity contribution is -0.127. The van der Waals surface area contributed by atoms with Crippen LogP contribution in [0.1, 0.15) is 17.7 Å². The number of nitrogens with zero attached hydrogens (tertiary/aromatic N) is 5. The Hall–Kier alpha value is -3.36. The molecular weight excluding hydrogens is 458 g/mol. The van der Waals surface area contributed by atoms with Crippen molar-refractivity contribution in [3.8, 4) is 11.4 Å². The predicted molar refractivity (Wildman–Crippen MR) is 128 cm³/mol. The van der Waals surface area contributed by atoms with Gasteiger partial charge in [0.05, 0.1) is 30.8 Å². The molecule has 9 heteroatoms. The minimum atomic E-state index is -0.0634. The maximum Gasteiger partial charge on any atom is 0.253 e. The topological polar surface area (TPSA) is 76.5 Å². The first-order chi connectivity index (χ1) is 16.2. The summed E-state index contributed by atoms with van der Waals surface area (Å²) in [6, 6.07) is 21.1. The third kappa shape index (κ3) is 4.86. The third-order valence-corrected chi connectivity index (χ3v) is 6.44. The summed E-state index contributed by atoms with van der Waals surface area (Å²) in [6.45, 7) is 1.03. The van der Waals surface area contributed by atoms with Crippen molar-refractivity contribution < 1.29 is 9.21 Å².